The average Bonchev–Trinajstić information content (AvgIpc) is 3.26. The molecule has 38 heavy (non-hydrogen) atoms. The van der Waals surface area contributed by atoms with Gasteiger partial charge in [0.25, 0.3) is 5.91 Å². The van der Waals surface area contributed by atoms with Gasteiger partial charge in [0.1, 0.15) is 5.69 Å². The number of pyridine rings is 1. The second-order valence-corrected chi connectivity index (χ2v) is 10.3. The van der Waals surface area contributed by atoms with Gasteiger partial charge in [-0.2, -0.15) is 18.3 Å². The topological polar surface area (TPSA) is 71.8 Å². The molecule has 0 radical (unpaired) electrons. The van der Waals surface area contributed by atoms with E-state index >= 15 is 0 Å². The molecular weight excluding hydrogens is 538 g/mol. The van der Waals surface area contributed by atoms with Gasteiger partial charge in [0.05, 0.1) is 28.7 Å². The van der Waals surface area contributed by atoms with Crippen molar-refractivity contribution in [3.05, 3.63) is 81.7 Å². The Morgan fingerprint density at radius 1 is 0.974 bits per heavy atom. The molecule has 0 aliphatic heterocycles. The van der Waals surface area contributed by atoms with Gasteiger partial charge in [0.2, 0.25) is 0 Å². The first kappa shape index (κ1) is 26.3. The van der Waals surface area contributed by atoms with Gasteiger partial charge in [-0.25, -0.2) is 9.67 Å². The van der Waals surface area contributed by atoms with E-state index in [-0.39, 0.29) is 23.5 Å². The molecule has 1 fully saturated rings. The van der Waals surface area contributed by atoms with Gasteiger partial charge < -0.3 is 10.6 Å². The summed E-state index contributed by atoms with van der Waals surface area (Å²) in [5.74, 6) is -0.205. The van der Waals surface area contributed by atoms with Crippen LogP contribution in [-0.4, -0.2) is 32.8 Å². The highest BCUT2D eigenvalue weighted by Gasteiger charge is 2.34. The monoisotopic (exact) mass is 561 g/mol. The second-order valence-electron chi connectivity index (χ2n) is 9.41. The molecule has 2 aromatic heterocycles. The number of hydrogen-bond acceptors (Lipinski definition) is 4. The molecule has 2 N–H and O–H groups in total. The lowest BCUT2D eigenvalue weighted by atomic mass is 9.90. The molecule has 0 bridgehead atoms. The zero-order chi connectivity index (χ0) is 27.0. The highest BCUT2D eigenvalue weighted by Crippen LogP contribution is 2.35. The van der Waals surface area contributed by atoms with E-state index in [1.807, 2.05) is 19.1 Å². The number of carbonyl (C=O) groups excluding carboxylic acids is 1. The molecule has 1 saturated carbocycles. The van der Waals surface area contributed by atoms with Gasteiger partial charge >= 0.3 is 6.18 Å². The van der Waals surface area contributed by atoms with Gasteiger partial charge in [0, 0.05) is 33.2 Å². The molecule has 5 rings (SSSR count). The number of nitrogens with one attached hydrogen (secondary N) is 2. The first-order chi connectivity index (χ1) is 18.1. The van der Waals surface area contributed by atoms with Gasteiger partial charge in [-0.1, -0.05) is 23.2 Å². The summed E-state index contributed by atoms with van der Waals surface area (Å²) in [6, 6.07) is 12.7. The van der Waals surface area contributed by atoms with Crippen LogP contribution in [0.5, 0.6) is 0 Å². The maximum absolute atomic E-state index is 13.4. The van der Waals surface area contributed by atoms with Crippen molar-refractivity contribution in [1.29, 1.82) is 0 Å². The number of rotatable bonds is 5. The molecule has 11 heteroatoms. The standard InChI is InChI=1S/C27H24Cl2F3N5O/c1-15-22(14-33-37(15)20-9-2-16(28)3-10-20)26(38)35-19-7-5-18(6-8-19)34-24-13-25(27(30,31)32)36-23-11-4-17(29)12-21(23)24/h2-4,9-14,18-19H,5-8H2,1H3,(H,34,36)(H,35,38)/t18-,19+. The van der Waals surface area contributed by atoms with Crippen molar-refractivity contribution in [1.82, 2.24) is 20.1 Å². The third-order valence-corrected chi connectivity index (χ3v) is 7.30. The highest BCUT2D eigenvalue weighted by molar-refractivity contribution is 6.31. The molecule has 0 spiro atoms. The van der Waals surface area contributed by atoms with Crippen LogP contribution in [0.1, 0.15) is 47.4 Å². The van der Waals surface area contributed by atoms with Crippen molar-refractivity contribution in [2.75, 3.05) is 5.32 Å². The van der Waals surface area contributed by atoms with Crippen LogP contribution in [-0.2, 0) is 6.18 Å². The molecule has 0 unspecified atom stereocenters. The predicted octanol–water partition coefficient (Wildman–Crippen LogP) is 7.21. The number of aromatic nitrogens is 3. The van der Waals surface area contributed by atoms with Crippen LogP contribution < -0.4 is 10.6 Å². The molecule has 2 heterocycles. The zero-order valence-corrected chi connectivity index (χ0v) is 21.8. The molecular formula is C27H24Cl2F3N5O. The second kappa shape index (κ2) is 10.5. The number of fused-ring (bicyclic) bond motifs is 1. The molecule has 2 aromatic carbocycles. The van der Waals surface area contributed by atoms with Crippen LogP contribution in [0.25, 0.3) is 16.6 Å². The van der Waals surface area contributed by atoms with Gasteiger partial charge in [-0.05, 0) is 81.1 Å². The van der Waals surface area contributed by atoms with E-state index in [2.05, 4.69) is 20.7 Å². The van der Waals surface area contributed by atoms with Gasteiger partial charge in [-0.3, -0.25) is 4.79 Å². The highest BCUT2D eigenvalue weighted by atomic mass is 35.5. The van der Waals surface area contributed by atoms with E-state index in [1.54, 1.807) is 29.1 Å². The number of amides is 1. The largest absolute Gasteiger partial charge is 0.433 e. The summed E-state index contributed by atoms with van der Waals surface area (Å²) in [6.07, 6.45) is -0.289. The molecule has 1 amide bonds. The number of nitrogens with zero attached hydrogens (tertiary/aromatic N) is 3. The van der Waals surface area contributed by atoms with Crippen LogP contribution in [0.15, 0.2) is 54.7 Å². The minimum atomic E-state index is -4.56. The number of halogens is 5. The number of alkyl halides is 3. The fraction of sp³-hybridized carbons (Fsp3) is 0.296. The normalized spacial score (nSPS) is 17.9. The first-order valence-corrected chi connectivity index (χ1v) is 12.9. The van der Waals surface area contributed by atoms with Crippen molar-refractivity contribution in [3.63, 3.8) is 0 Å². The average molecular weight is 562 g/mol. The quantitative estimate of drug-likeness (QED) is 0.270. The molecule has 0 atom stereocenters. The van der Waals surface area contributed by atoms with Crippen molar-refractivity contribution in [2.24, 2.45) is 0 Å². The minimum absolute atomic E-state index is 0.0480. The van der Waals surface area contributed by atoms with Crippen molar-refractivity contribution >= 4 is 45.7 Å². The molecule has 1 aliphatic carbocycles. The van der Waals surface area contributed by atoms with Crippen molar-refractivity contribution in [2.45, 2.75) is 50.9 Å². The molecule has 0 saturated heterocycles. The molecule has 198 valence electrons. The summed E-state index contributed by atoms with van der Waals surface area (Å²) in [5.41, 5.74) is 1.62. The van der Waals surface area contributed by atoms with E-state index < -0.39 is 11.9 Å². The summed E-state index contributed by atoms with van der Waals surface area (Å²) in [5, 5.41) is 12.3. The van der Waals surface area contributed by atoms with E-state index in [0.717, 1.165) is 11.8 Å². The maximum atomic E-state index is 13.4. The van der Waals surface area contributed by atoms with E-state index in [9.17, 15) is 18.0 Å². The summed E-state index contributed by atoms with van der Waals surface area (Å²) < 4.78 is 42.0. The van der Waals surface area contributed by atoms with E-state index in [4.69, 9.17) is 23.2 Å². The number of benzene rings is 2. The third kappa shape index (κ3) is 5.59. The number of anilines is 1. The zero-order valence-electron chi connectivity index (χ0n) is 20.3. The first-order valence-electron chi connectivity index (χ1n) is 12.1. The van der Waals surface area contributed by atoms with Crippen LogP contribution >= 0.6 is 23.2 Å². The smallest absolute Gasteiger partial charge is 0.382 e. The number of hydrogen-bond donors (Lipinski definition) is 2. The number of carbonyl (C=O) groups is 1. The van der Waals surface area contributed by atoms with Crippen molar-refractivity contribution < 1.29 is 18.0 Å². The summed E-state index contributed by atoms with van der Waals surface area (Å²) in [4.78, 5) is 16.8. The fourth-order valence-electron chi connectivity index (χ4n) is 4.80. The molecule has 6 nitrogen and oxygen atoms in total. The molecule has 1 aliphatic rings. The Morgan fingerprint density at radius 2 is 1.63 bits per heavy atom. The lowest BCUT2D eigenvalue weighted by Gasteiger charge is -2.30. The Morgan fingerprint density at radius 3 is 2.32 bits per heavy atom. The minimum Gasteiger partial charge on any atom is -0.382 e. The summed E-state index contributed by atoms with van der Waals surface area (Å²) in [7, 11) is 0. The lowest BCUT2D eigenvalue weighted by Crippen LogP contribution is -2.40. The van der Waals surface area contributed by atoms with Crippen LogP contribution in [0.3, 0.4) is 0 Å². The predicted molar refractivity (Wildman–Crippen MR) is 142 cm³/mol. The van der Waals surface area contributed by atoms with Crippen LogP contribution in [0, 0.1) is 6.92 Å². The maximum Gasteiger partial charge on any atom is 0.433 e. The molecule has 4 aromatic rings. The van der Waals surface area contributed by atoms with Crippen LogP contribution in [0.2, 0.25) is 10.0 Å². The third-order valence-electron chi connectivity index (χ3n) is 6.81. The Bertz CT molecular complexity index is 1480. The SMILES string of the molecule is Cc1c(C(=O)N[C@H]2CC[C@@H](Nc3cc(C(F)(F)F)nc4ccc(Cl)cc34)CC2)cnn1-c1ccc(Cl)cc1. The van der Waals surface area contributed by atoms with Gasteiger partial charge in [0.15, 0.2) is 0 Å². The summed E-state index contributed by atoms with van der Waals surface area (Å²) >= 11 is 12.1. The fourth-order valence-corrected chi connectivity index (χ4v) is 5.10. The van der Waals surface area contributed by atoms with Crippen molar-refractivity contribution in [3.8, 4) is 5.69 Å². The van der Waals surface area contributed by atoms with E-state index in [1.165, 1.54) is 12.1 Å². The van der Waals surface area contributed by atoms with Crippen LogP contribution in [0.4, 0.5) is 18.9 Å². The summed E-state index contributed by atoms with van der Waals surface area (Å²) in [6.45, 7) is 1.83. The van der Waals surface area contributed by atoms with Gasteiger partial charge in [-0.15, -0.1) is 0 Å². The Balaban J connectivity index is 1.24. The Kier molecular flexibility index (Phi) is 7.24. The Labute approximate surface area is 227 Å². The van der Waals surface area contributed by atoms with E-state index in [0.29, 0.717) is 58.1 Å². The lowest BCUT2D eigenvalue weighted by molar-refractivity contribution is -0.140. The Hall–Kier alpha value is -3.30.